The van der Waals surface area contributed by atoms with Crippen LogP contribution in [0.25, 0.3) is 0 Å². The van der Waals surface area contributed by atoms with E-state index in [2.05, 4.69) is 29.4 Å². The van der Waals surface area contributed by atoms with E-state index in [0.29, 0.717) is 6.04 Å². The Hall–Kier alpha value is -0.900. The smallest absolute Gasteiger partial charge is 0.0931 e. The van der Waals surface area contributed by atoms with Crippen molar-refractivity contribution >= 4 is 22.9 Å². The second-order valence-electron chi connectivity index (χ2n) is 3.59. The zero-order valence-electron chi connectivity index (χ0n) is 8.98. The molecule has 0 saturated carbocycles. The lowest BCUT2D eigenvalue weighted by molar-refractivity contribution is 0.577. The van der Waals surface area contributed by atoms with E-state index in [1.807, 2.05) is 18.3 Å². The van der Waals surface area contributed by atoms with Crippen LogP contribution in [0, 0.1) is 0 Å². The number of hydrogen-bond acceptors (Lipinski definition) is 3. The van der Waals surface area contributed by atoms with Crippen LogP contribution in [0.1, 0.15) is 23.4 Å². The van der Waals surface area contributed by atoms with Crippen LogP contribution in [-0.4, -0.2) is 4.98 Å². The summed E-state index contributed by atoms with van der Waals surface area (Å²) in [6.07, 6.45) is 3.67. The molecule has 0 saturated heterocycles. The van der Waals surface area contributed by atoms with Crippen LogP contribution in [0.15, 0.2) is 36.7 Å². The number of rotatable bonds is 4. The van der Waals surface area contributed by atoms with E-state index >= 15 is 0 Å². The normalized spacial score (nSPS) is 12.6. The van der Waals surface area contributed by atoms with Crippen LogP contribution in [0.2, 0.25) is 4.34 Å². The minimum Gasteiger partial charge on any atom is -0.305 e. The summed E-state index contributed by atoms with van der Waals surface area (Å²) >= 11 is 7.49. The molecule has 0 aliphatic carbocycles. The predicted octanol–water partition coefficient (Wildman–Crippen LogP) is 3.65. The lowest BCUT2D eigenvalue weighted by Gasteiger charge is -2.12. The summed E-state index contributed by atoms with van der Waals surface area (Å²) in [5.41, 5.74) is 1.20. The van der Waals surface area contributed by atoms with Crippen molar-refractivity contribution in [2.45, 2.75) is 19.5 Å². The lowest BCUT2D eigenvalue weighted by Crippen LogP contribution is -2.17. The largest absolute Gasteiger partial charge is 0.305 e. The zero-order valence-corrected chi connectivity index (χ0v) is 10.6. The summed E-state index contributed by atoms with van der Waals surface area (Å²) in [4.78, 5) is 5.36. The number of nitrogens with zero attached hydrogens (tertiary/aromatic N) is 1. The third kappa shape index (κ3) is 3.04. The monoisotopic (exact) mass is 252 g/mol. The van der Waals surface area contributed by atoms with E-state index in [0.717, 1.165) is 10.9 Å². The Morgan fingerprint density at radius 3 is 2.94 bits per heavy atom. The summed E-state index contributed by atoms with van der Waals surface area (Å²) in [6, 6.07) is 8.31. The molecule has 2 aromatic rings. The van der Waals surface area contributed by atoms with Crippen molar-refractivity contribution in [3.05, 3.63) is 51.4 Å². The molecule has 16 heavy (non-hydrogen) atoms. The number of pyridine rings is 1. The number of halogens is 1. The van der Waals surface area contributed by atoms with Gasteiger partial charge in [0.15, 0.2) is 0 Å². The van der Waals surface area contributed by atoms with E-state index < -0.39 is 0 Å². The molecular weight excluding hydrogens is 240 g/mol. The van der Waals surface area contributed by atoms with Gasteiger partial charge < -0.3 is 5.32 Å². The third-order valence-corrected chi connectivity index (χ3v) is 3.63. The van der Waals surface area contributed by atoms with Crippen molar-refractivity contribution in [1.29, 1.82) is 0 Å². The van der Waals surface area contributed by atoms with Gasteiger partial charge in [-0.15, -0.1) is 11.3 Å². The summed E-state index contributed by atoms with van der Waals surface area (Å²) in [7, 11) is 0. The van der Waals surface area contributed by atoms with Gasteiger partial charge in [-0.3, -0.25) is 4.98 Å². The molecule has 0 amide bonds. The van der Waals surface area contributed by atoms with Gasteiger partial charge in [0.2, 0.25) is 0 Å². The maximum atomic E-state index is 5.87. The number of hydrogen-bond donors (Lipinski definition) is 1. The Labute approximate surface area is 104 Å². The Kier molecular flexibility index (Phi) is 3.93. The summed E-state index contributed by atoms with van der Waals surface area (Å²) in [5, 5.41) is 3.44. The van der Waals surface area contributed by atoms with Crippen LogP contribution < -0.4 is 5.32 Å². The molecule has 2 nitrogen and oxygen atoms in total. The Morgan fingerprint density at radius 1 is 1.44 bits per heavy atom. The topological polar surface area (TPSA) is 24.9 Å². The molecule has 4 heteroatoms. The minimum atomic E-state index is 0.301. The molecule has 0 radical (unpaired) electrons. The zero-order chi connectivity index (χ0) is 11.4. The molecule has 84 valence electrons. The van der Waals surface area contributed by atoms with Gasteiger partial charge in [-0.2, -0.15) is 0 Å². The maximum Gasteiger partial charge on any atom is 0.0931 e. The van der Waals surface area contributed by atoms with Gasteiger partial charge >= 0.3 is 0 Å². The number of aromatic nitrogens is 1. The third-order valence-electron chi connectivity index (χ3n) is 2.40. The summed E-state index contributed by atoms with van der Waals surface area (Å²) < 4.78 is 0.839. The quantitative estimate of drug-likeness (QED) is 0.899. The highest BCUT2D eigenvalue weighted by atomic mass is 35.5. The first-order valence-corrected chi connectivity index (χ1v) is 6.32. The van der Waals surface area contributed by atoms with Crippen LogP contribution >= 0.6 is 22.9 Å². The first-order chi connectivity index (χ1) is 7.75. The van der Waals surface area contributed by atoms with Gasteiger partial charge in [0.05, 0.1) is 4.34 Å². The first-order valence-electron chi connectivity index (χ1n) is 5.13. The molecule has 0 bridgehead atoms. The molecule has 0 aromatic carbocycles. The van der Waals surface area contributed by atoms with Gasteiger partial charge in [-0.25, -0.2) is 0 Å². The van der Waals surface area contributed by atoms with E-state index in [-0.39, 0.29) is 0 Å². The molecule has 2 heterocycles. The van der Waals surface area contributed by atoms with Gasteiger partial charge in [0, 0.05) is 29.9 Å². The Morgan fingerprint density at radius 2 is 2.31 bits per heavy atom. The van der Waals surface area contributed by atoms with E-state index in [1.165, 1.54) is 10.4 Å². The maximum absolute atomic E-state index is 5.87. The molecule has 1 N–H and O–H groups in total. The minimum absolute atomic E-state index is 0.301. The highest BCUT2D eigenvalue weighted by molar-refractivity contribution is 7.16. The molecule has 2 aromatic heterocycles. The molecule has 1 atom stereocenters. The van der Waals surface area contributed by atoms with Crippen molar-refractivity contribution in [2.75, 3.05) is 0 Å². The fraction of sp³-hybridized carbons (Fsp3) is 0.250. The Bertz CT molecular complexity index is 441. The standard InChI is InChI=1S/C12H13ClN2S/c1-9(10-3-2-6-14-7-10)15-8-11-4-5-12(13)16-11/h2-7,9,15H,8H2,1H3. The SMILES string of the molecule is CC(NCc1ccc(Cl)s1)c1cccnc1. The second kappa shape index (κ2) is 5.43. The fourth-order valence-corrected chi connectivity index (χ4v) is 2.49. The van der Waals surface area contributed by atoms with Crippen molar-refractivity contribution in [2.24, 2.45) is 0 Å². The van der Waals surface area contributed by atoms with Crippen LogP contribution in [0.5, 0.6) is 0 Å². The first kappa shape index (κ1) is 11.6. The highest BCUT2D eigenvalue weighted by Gasteiger charge is 2.05. The summed E-state index contributed by atoms with van der Waals surface area (Å²) in [6.45, 7) is 2.97. The van der Waals surface area contributed by atoms with Gasteiger partial charge in [-0.05, 0) is 30.7 Å². The molecule has 1 unspecified atom stereocenters. The van der Waals surface area contributed by atoms with Gasteiger partial charge in [0.1, 0.15) is 0 Å². The average Bonchev–Trinajstić information content (AvgIpc) is 2.73. The molecule has 2 rings (SSSR count). The van der Waals surface area contributed by atoms with Gasteiger partial charge in [-0.1, -0.05) is 17.7 Å². The molecule has 0 fully saturated rings. The number of thiophene rings is 1. The molecule has 0 aliphatic heterocycles. The number of nitrogens with one attached hydrogen (secondary N) is 1. The Balaban J connectivity index is 1.91. The van der Waals surface area contributed by atoms with Crippen LogP contribution in [0.4, 0.5) is 0 Å². The van der Waals surface area contributed by atoms with E-state index in [9.17, 15) is 0 Å². The predicted molar refractivity (Wildman–Crippen MR) is 68.8 cm³/mol. The van der Waals surface area contributed by atoms with Crippen molar-refractivity contribution in [3.8, 4) is 0 Å². The van der Waals surface area contributed by atoms with Crippen molar-refractivity contribution in [3.63, 3.8) is 0 Å². The van der Waals surface area contributed by atoms with Crippen LogP contribution in [-0.2, 0) is 6.54 Å². The fourth-order valence-electron chi connectivity index (χ4n) is 1.45. The summed E-state index contributed by atoms with van der Waals surface area (Å²) in [5.74, 6) is 0. The van der Waals surface area contributed by atoms with Crippen LogP contribution in [0.3, 0.4) is 0 Å². The molecule has 0 spiro atoms. The van der Waals surface area contributed by atoms with Crippen molar-refractivity contribution < 1.29 is 0 Å². The van der Waals surface area contributed by atoms with E-state index in [1.54, 1.807) is 17.5 Å². The average molecular weight is 253 g/mol. The highest BCUT2D eigenvalue weighted by Crippen LogP contribution is 2.22. The molecule has 0 aliphatic rings. The van der Waals surface area contributed by atoms with Crippen molar-refractivity contribution in [1.82, 2.24) is 10.3 Å². The van der Waals surface area contributed by atoms with E-state index in [4.69, 9.17) is 11.6 Å². The lowest BCUT2D eigenvalue weighted by atomic mass is 10.1. The molecular formula is C12H13ClN2S. The second-order valence-corrected chi connectivity index (χ2v) is 5.39. The van der Waals surface area contributed by atoms with Gasteiger partial charge in [0.25, 0.3) is 0 Å².